The number of rotatable bonds is 7. The van der Waals surface area contributed by atoms with E-state index in [4.69, 9.17) is 9.32 Å². The van der Waals surface area contributed by atoms with E-state index < -0.39 is 22.0 Å². The lowest BCUT2D eigenvalue weighted by Gasteiger charge is -2.70. The van der Waals surface area contributed by atoms with E-state index in [9.17, 15) is 18.6 Å². The molecule has 0 radical (unpaired) electrons. The molecule has 214 valence electrons. The average Bonchev–Trinajstić information content (AvgIpc) is 3.10. The summed E-state index contributed by atoms with van der Waals surface area (Å²) < 4.78 is 29.1. The van der Waals surface area contributed by atoms with Gasteiger partial charge in [-0.15, -0.1) is 0 Å². The zero-order chi connectivity index (χ0) is 27.8. The van der Waals surface area contributed by atoms with Crippen molar-refractivity contribution >= 4 is 10.3 Å². The summed E-state index contributed by atoms with van der Waals surface area (Å²) in [6.07, 6.45) is 8.49. The molecular formula is C30H53NO5S. The number of fused-ring (bicyclic) bond motifs is 5. The van der Waals surface area contributed by atoms with Crippen LogP contribution in [0.4, 0.5) is 0 Å². The second kappa shape index (κ2) is 9.29. The number of nitrogens with two attached hydrogens (primary N) is 1. The average molecular weight is 540 g/mol. The van der Waals surface area contributed by atoms with Gasteiger partial charge in [0.25, 0.3) is 0 Å². The molecule has 0 bridgehead atoms. The van der Waals surface area contributed by atoms with Crippen LogP contribution in [-0.2, 0) is 14.5 Å². The summed E-state index contributed by atoms with van der Waals surface area (Å²) in [5.41, 5.74) is 0.414. The van der Waals surface area contributed by atoms with Gasteiger partial charge >= 0.3 is 10.3 Å². The fourth-order valence-electron chi connectivity index (χ4n) is 10.5. The number of aliphatic hydroxyl groups is 2. The van der Waals surface area contributed by atoms with Gasteiger partial charge in [0.2, 0.25) is 0 Å². The Hall–Kier alpha value is -0.470. The van der Waals surface area contributed by atoms with E-state index in [1.165, 1.54) is 5.57 Å². The molecule has 4 rings (SSSR count). The summed E-state index contributed by atoms with van der Waals surface area (Å²) in [6, 6.07) is 0. The maximum absolute atomic E-state index is 11.8. The summed E-state index contributed by atoms with van der Waals surface area (Å²) in [4.78, 5) is 0. The molecule has 0 aromatic rings. The van der Waals surface area contributed by atoms with Gasteiger partial charge in [-0.3, -0.25) is 4.18 Å². The highest BCUT2D eigenvalue weighted by atomic mass is 32.2. The topological polar surface area (TPSA) is 110 Å². The smallest absolute Gasteiger partial charge is 0.333 e. The van der Waals surface area contributed by atoms with E-state index in [-0.39, 0.29) is 33.7 Å². The fourth-order valence-corrected chi connectivity index (χ4v) is 11.1. The van der Waals surface area contributed by atoms with E-state index in [0.717, 1.165) is 57.8 Å². The lowest BCUT2D eigenvalue weighted by atomic mass is 9.35. The van der Waals surface area contributed by atoms with Crippen molar-refractivity contribution in [3.63, 3.8) is 0 Å². The first-order valence-electron chi connectivity index (χ1n) is 14.6. The first-order chi connectivity index (χ1) is 16.8. The van der Waals surface area contributed by atoms with Gasteiger partial charge in [-0.05, 0) is 123 Å². The fraction of sp³-hybridized carbons (Fsp3) is 0.933. The molecule has 4 N–H and O–H groups in total. The Morgan fingerprint density at radius 2 is 1.65 bits per heavy atom. The molecule has 0 amide bonds. The third-order valence-electron chi connectivity index (χ3n) is 12.4. The lowest BCUT2D eigenvalue weighted by Crippen LogP contribution is -2.66. The van der Waals surface area contributed by atoms with E-state index in [0.29, 0.717) is 24.2 Å². The van der Waals surface area contributed by atoms with E-state index in [1.54, 1.807) is 0 Å². The van der Waals surface area contributed by atoms with Crippen molar-refractivity contribution in [2.75, 3.05) is 0 Å². The minimum atomic E-state index is -4.01. The van der Waals surface area contributed by atoms with Gasteiger partial charge in [0.05, 0.1) is 17.8 Å². The van der Waals surface area contributed by atoms with E-state index >= 15 is 0 Å². The third kappa shape index (κ3) is 4.87. The maximum Gasteiger partial charge on any atom is 0.333 e. The molecule has 7 heteroatoms. The van der Waals surface area contributed by atoms with E-state index in [2.05, 4.69) is 41.2 Å². The van der Waals surface area contributed by atoms with Gasteiger partial charge in [-0.1, -0.05) is 46.8 Å². The SMILES string of the molecule is C=C(CCCC(C)(C)O)[C@H]1CC[C@]2(C)[C@@H]1[C@H](O)C[C@@H]1[C@@]3(C)CC[C@H](OS(N)(=O)=O)C(C)(C)[C@@H]3CC[C@]12C. The van der Waals surface area contributed by atoms with Crippen molar-refractivity contribution in [2.45, 2.75) is 130 Å². The van der Waals surface area contributed by atoms with Gasteiger partial charge in [-0.25, -0.2) is 5.14 Å². The zero-order valence-electron chi connectivity index (χ0n) is 24.3. The monoisotopic (exact) mass is 539 g/mol. The van der Waals surface area contributed by atoms with Crippen LogP contribution in [0.1, 0.15) is 113 Å². The lowest BCUT2D eigenvalue weighted by molar-refractivity contribution is -0.238. The van der Waals surface area contributed by atoms with Gasteiger partial charge in [-0.2, -0.15) is 8.42 Å². The number of aliphatic hydroxyl groups excluding tert-OH is 1. The number of hydrogen-bond donors (Lipinski definition) is 3. The Balaban J connectivity index is 1.59. The molecule has 4 aliphatic rings. The zero-order valence-corrected chi connectivity index (χ0v) is 25.2. The number of allylic oxidation sites excluding steroid dienone is 1. The predicted molar refractivity (Wildman–Crippen MR) is 148 cm³/mol. The quantitative estimate of drug-likeness (QED) is 0.358. The first kappa shape index (κ1) is 29.5. The molecule has 0 saturated heterocycles. The second-order valence-corrected chi connectivity index (χ2v) is 16.4. The molecule has 0 spiro atoms. The molecule has 0 aromatic heterocycles. The van der Waals surface area contributed by atoms with E-state index in [1.807, 2.05) is 13.8 Å². The Morgan fingerprint density at radius 1 is 1.03 bits per heavy atom. The van der Waals surface area contributed by atoms with Crippen LogP contribution in [0.3, 0.4) is 0 Å². The third-order valence-corrected chi connectivity index (χ3v) is 12.9. The molecule has 37 heavy (non-hydrogen) atoms. The molecule has 4 saturated carbocycles. The van der Waals surface area contributed by atoms with Crippen LogP contribution in [0.5, 0.6) is 0 Å². The van der Waals surface area contributed by atoms with Crippen LogP contribution in [0, 0.1) is 45.3 Å². The van der Waals surface area contributed by atoms with Crippen LogP contribution in [-0.4, -0.2) is 36.4 Å². The minimum Gasteiger partial charge on any atom is -0.393 e. The second-order valence-electron chi connectivity index (χ2n) is 15.2. The first-order valence-corrected chi connectivity index (χ1v) is 16.0. The van der Waals surface area contributed by atoms with Gasteiger partial charge in [0.15, 0.2) is 0 Å². The van der Waals surface area contributed by atoms with Crippen molar-refractivity contribution in [1.29, 1.82) is 0 Å². The van der Waals surface area contributed by atoms with Crippen LogP contribution in [0.2, 0.25) is 0 Å². The van der Waals surface area contributed by atoms with Crippen LogP contribution in [0.25, 0.3) is 0 Å². The minimum absolute atomic E-state index is 0.00544. The Bertz CT molecular complexity index is 1000. The van der Waals surface area contributed by atoms with Crippen LogP contribution >= 0.6 is 0 Å². The molecule has 0 unspecified atom stereocenters. The molecule has 0 heterocycles. The summed E-state index contributed by atoms with van der Waals surface area (Å²) in [6.45, 7) is 19.9. The molecule has 9 atom stereocenters. The summed E-state index contributed by atoms with van der Waals surface area (Å²) in [5, 5.41) is 27.2. The Kier molecular flexibility index (Phi) is 7.41. The molecular weight excluding hydrogens is 486 g/mol. The Morgan fingerprint density at radius 3 is 2.24 bits per heavy atom. The summed E-state index contributed by atoms with van der Waals surface area (Å²) in [7, 11) is -4.01. The van der Waals surface area contributed by atoms with Crippen molar-refractivity contribution in [3.8, 4) is 0 Å². The van der Waals surface area contributed by atoms with Crippen molar-refractivity contribution in [1.82, 2.24) is 0 Å². The van der Waals surface area contributed by atoms with Crippen molar-refractivity contribution in [2.24, 2.45) is 50.5 Å². The highest BCUT2D eigenvalue weighted by Gasteiger charge is 2.70. The highest BCUT2D eigenvalue weighted by Crippen LogP contribution is 2.75. The molecule has 6 nitrogen and oxygen atoms in total. The maximum atomic E-state index is 11.8. The summed E-state index contributed by atoms with van der Waals surface area (Å²) in [5.74, 6) is 1.23. The Labute approximate surface area is 226 Å². The van der Waals surface area contributed by atoms with Crippen molar-refractivity contribution in [3.05, 3.63) is 12.2 Å². The predicted octanol–water partition coefficient (Wildman–Crippen LogP) is 5.73. The van der Waals surface area contributed by atoms with Gasteiger partial charge < -0.3 is 10.2 Å². The summed E-state index contributed by atoms with van der Waals surface area (Å²) >= 11 is 0. The largest absolute Gasteiger partial charge is 0.393 e. The standard InChI is InChI=1S/C30H53NO5S/c1-19(10-9-14-26(2,3)33)20-11-16-30(8)25(20)21(32)18-23-28(6)15-13-24(36-37(31,34)35)27(4,5)22(28)12-17-29(23,30)7/h20-25,32-33H,1,9-18H2,2-8H3,(H2,31,34,35)/t20-,21-,22+,23-,24+,25+,28+,29-,30-/m1/s1. The normalized spacial score (nSPS) is 45.6. The number of hydrogen-bond acceptors (Lipinski definition) is 5. The molecule has 4 aliphatic carbocycles. The molecule has 0 aliphatic heterocycles. The molecule has 4 fully saturated rings. The van der Waals surface area contributed by atoms with Crippen LogP contribution in [0.15, 0.2) is 12.2 Å². The van der Waals surface area contributed by atoms with Gasteiger partial charge in [0.1, 0.15) is 0 Å². The molecule has 0 aromatic carbocycles. The van der Waals surface area contributed by atoms with Crippen molar-refractivity contribution < 1.29 is 22.8 Å². The van der Waals surface area contributed by atoms with Crippen LogP contribution < -0.4 is 5.14 Å². The van der Waals surface area contributed by atoms with Gasteiger partial charge in [0, 0.05) is 0 Å². The highest BCUT2D eigenvalue weighted by molar-refractivity contribution is 7.84.